The summed E-state index contributed by atoms with van der Waals surface area (Å²) in [5, 5.41) is 2.66. The Bertz CT molecular complexity index is 1580. The van der Waals surface area contributed by atoms with E-state index < -0.39 is 17.9 Å². The Balaban J connectivity index is 1.36. The summed E-state index contributed by atoms with van der Waals surface area (Å²) in [4.78, 5) is 31.0. The lowest BCUT2D eigenvalue weighted by Gasteiger charge is -2.32. The molecule has 2 aromatic carbocycles. The number of methoxy groups -OCH3 is 1. The van der Waals surface area contributed by atoms with Gasteiger partial charge in [0.25, 0.3) is 5.91 Å². The quantitative estimate of drug-likeness (QED) is 0.271. The molecule has 220 valence electrons. The normalized spacial score (nSPS) is 14.4. The van der Waals surface area contributed by atoms with Crippen molar-refractivity contribution in [2.24, 2.45) is 0 Å². The van der Waals surface area contributed by atoms with Gasteiger partial charge in [0, 0.05) is 62.8 Å². The molecule has 0 saturated carbocycles. The average molecular weight is 583 g/mol. The molecule has 5 rings (SSSR count). The fourth-order valence-corrected chi connectivity index (χ4v) is 5.52. The Hall–Kier alpha value is -4.25. The van der Waals surface area contributed by atoms with Gasteiger partial charge in [-0.1, -0.05) is 24.3 Å². The minimum Gasteiger partial charge on any atom is -0.383 e. The maximum atomic E-state index is 14.8. The Morgan fingerprint density at radius 3 is 2.50 bits per heavy atom. The van der Waals surface area contributed by atoms with Crippen LogP contribution in [-0.4, -0.2) is 59.2 Å². The first-order chi connectivity index (χ1) is 20.2. The van der Waals surface area contributed by atoms with Gasteiger partial charge in [0.05, 0.1) is 12.2 Å². The van der Waals surface area contributed by atoms with Crippen LogP contribution in [-0.2, 0) is 22.6 Å². The summed E-state index contributed by atoms with van der Waals surface area (Å²) in [5.74, 6) is -2.85. The predicted molar refractivity (Wildman–Crippen MR) is 149 cm³/mol. The van der Waals surface area contributed by atoms with Crippen LogP contribution in [0.5, 0.6) is 0 Å². The number of alkyl halides is 3. The molecular weight excluding hydrogens is 552 g/mol. The molecule has 42 heavy (non-hydrogen) atoms. The molecule has 1 saturated heterocycles. The molecule has 2 amide bonds. The van der Waals surface area contributed by atoms with Gasteiger partial charge in [-0.2, -0.15) is 13.2 Å². The fraction of sp³-hybridized carbons (Fsp3) is 0.323. The van der Waals surface area contributed by atoms with Gasteiger partial charge in [0.1, 0.15) is 5.82 Å². The summed E-state index contributed by atoms with van der Waals surface area (Å²) in [6, 6.07) is 13.8. The van der Waals surface area contributed by atoms with Crippen LogP contribution in [0.2, 0.25) is 0 Å². The summed E-state index contributed by atoms with van der Waals surface area (Å²) in [5.41, 5.74) is 4.08. The lowest BCUT2D eigenvalue weighted by atomic mass is 9.88. The smallest absolute Gasteiger partial charge is 0.383 e. The number of amides is 2. The van der Waals surface area contributed by atoms with Gasteiger partial charge in [0.2, 0.25) is 0 Å². The van der Waals surface area contributed by atoms with Gasteiger partial charge in [-0.05, 0) is 65.3 Å². The number of halogens is 4. The van der Waals surface area contributed by atoms with E-state index in [0.29, 0.717) is 55.8 Å². The summed E-state index contributed by atoms with van der Waals surface area (Å²) in [7, 11) is 1.63. The van der Waals surface area contributed by atoms with Crippen LogP contribution in [0.4, 0.5) is 17.6 Å². The van der Waals surface area contributed by atoms with Gasteiger partial charge >= 0.3 is 12.1 Å². The van der Waals surface area contributed by atoms with E-state index in [-0.39, 0.29) is 18.4 Å². The Labute approximate surface area is 240 Å². The average Bonchev–Trinajstić information content (AvgIpc) is 3.38. The molecule has 1 N–H and O–H groups in total. The van der Waals surface area contributed by atoms with E-state index in [1.165, 1.54) is 18.2 Å². The third kappa shape index (κ3) is 6.15. The molecule has 0 atom stereocenters. The fourth-order valence-electron chi connectivity index (χ4n) is 5.52. The number of aromatic nitrogens is 2. The third-order valence-corrected chi connectivity index (χ3v) is 7.66. The molecule has 0 spiro atoms. The van der Waals surface area contributed by atoms with Gasteiger partial charge in [-0.25, -0.2) is 4.39 Å². The van der Waals surface area contributed by atoms with Crippen LogP contribution in [0.25, 0.3) is 22.0 Å². The number of ether oxygens (including phenoxy) is 1. The van der Waals surface area contributed by atoms with Crippen molar-refractivity contribution in [3.05, 3.63) is 89.6 Å². The number of carbonyl (C=O) groups is 2. The minimum atomic E-state index is -4.99. The standard InChI is InChI=1S/C31H30F4N4O3/c1-42-16-15-39-19-25(28-23(3-2-4-27(28)39)21-7-11-36-12-8-21)29(40)38-13-9-22(10-14-38)24-17-20(5-6-26(24)32)18-37-30(41)31(33,34)35/h2-8,11-12,17,19,22H,9-10,13-16,18H2,1H3,(H,37,41). The lowest BCUT2D eigenvalue weighted by Crippen LogP contribution is -2.38. The highest BCUT2D eigenvalue weighted by Crippen LogP contribution is 2.35. The molecule has 2 aromatic heterocycles. The van der Waals surface area contributed by atoms with E-state index in [0.717, 1.165) is 22.0 Å². The van der Waals surface area contributed by atoms with Gasteiger partial charge in [0.15, 0.2) is 0 Å². The number of nitrogens with one attached hydrogen (secondary N) is 1. The highest BCUT2D eigenvalue weighted by molar-refractivity contribution is 6.12. The van der Waals surface area contributed by atoms with Crippen molar-refractivity contribution >= 4 is 22.7 Å². The minimum absolute atomic E-state index is 0.125. The maximum Gasteiger partial charge on any atom is 0.471 e. The van der Waals surface area contributed by atoms with E-state index in [4.69, 9.17) is 4.74 Å². The molecule has 0 radical (unpaired) electrons. The zero-order valence-electron chi connectivity index (χ0n) is 23.0. The lowest BCUT2D eigenvalue weighted by molar-refractivity contribution is -0.173. The molecule has 0 unspecified atom stereocenters. The zero-order chi connectivity index (χ0) is 29.9. The summed E-state index contributed by atoms with van der Waals surface area (Å²) >= 11 is 0. The number of fused-ring (bicyclic) bond motifs is 1. The van der Waals surface area contributed by atoms with Crippen LogP contribution >= 0.6 is 0 Å². The van der Waals surface area contributed by atoms with Crippen molar-refractivity contribution in [2.45, 2.75) is 38.0 Å². The van der Waals surface area contributed by atoms with Crippen LogP contribution in [0, 0.1) is 5.82 Å². The number of benzene rings is 2. The van der Waals surface area contributed by atoms with E-state index in [1.54, 1.807) is 24.4 Å². The highest BCUT2D eigenvalue weighted by Gasteiger charge is 2.38. The Morgan fingerprint density at radius 2 is 1.81 bits per heavy atom. The van der Waals surface area contributed by atoms with Crippen LogP contribution in [0.15, 0.2) is 67.1 Å². The number of rotatable bonds is 8. The van der Waals surface area contributed by atoms with E-state index in [1.807, 2.05) is 46.4 Å². The number of hydrogen-bond donors (Lipinski definition) is 1. The maximum absolute atomic E-state index is 14.8. The molecule has 1 aliphatic heterocycles. The first-order valence-corrected chi connectivity index (χ1v) is 13.6. The molecule has 7 nitrogen and oxygen atoms in total. The van der Waals surface area contributed by atoms with E-state index in [2.05, 4.69) is 4.98 Å². The monoisotopic (exact) mass is 582 g/mol. The number of piperidine rings is 1. The van der Waals surface area contributed by atoms with Gasteiger partial charge in [-0.15, -0.1) is 0 Å². The molecule has 1 fully saturated rings. The number of carbonyl (C=O) groups excluding carboxylic acids is 2. The van der Waals surface area contributed by atoms with Crippen LogP contribution in [0.3, 0.4) is 0 Å². The molecule has 4 aromatic rings. The van der Waals surface area contributed by atoms with Crippen molar-refractivity contribution in [3.63, 3.8) is 0 Å². The van der Waals surface area contributed by atoms with Crippen molar-refractivity contribution in [1.29, 1.82) is 0 Å². The summed E-state index contributed by atoms with van der Waals surface area (Å²) in [6.45, 7) is 1.46. The van der Waals surface area contributed by atoms with Crippen LogP contribution < -0.4 is 5.32 Å². The van der Waals surface area contributed by atoms with Crippen molar-refractivity contribution < 1.29 is 31.9 Å². The van der Waals surface area contributed by atoms with E-state index >= 15 is 0 Å². The molecule has 1 aliphatic rings. The second-order valence-corrected chi connectivity index (χ2v) is 10.3. The van der Waals surface area contributed by atoms with Crippen LogP contribution in [0.1, 0.15) is 40.2 Å². The van der Waals surface area contributed by atoms with Gasteiger partial charge in [-0.3, -0.25) is 14.6 Å². The highest BCUT2D eigenvalue weighted by atomic mass is 19.4. The summed E-state index contributed by atoms with van der Waals surface area (Å²) in [6.07, 6.45) is 1.27. The zero-order valence-corrected chi connectivity index (χ0v) is 23.0. The first kappa shape index (κ1) is 29.2. The van der Waals surface area contributed by atoms with Gasteiger partial charge < -0.3 is 19.5 Å². The molecule has 0 bridgehead atoms. The van der Waals surface area contributed by atoms with Crippen molar-refractivity contribution in [3.8, 4) is 11.1 Å². The molecule has 11 heteroatoms. The number of pyridine rings is 1. The second kappa shape index (κ2) is 12.3. The second-order valence-electron chi connectivity index (χ2n) is 10.3. The molecule has 3 heterocycles. The molecular formula is C31H30F4N4O3. The van der Waals surface area contributed by atoms with E-state index in [9.17, 15) is 27.2 Å². The molecule has 0 aliphatic carbocycles. The van der Waals surface area contributed by atoms with Crippen molar-refractivity contribution in [2.75, 3.05) is 26.8 Å². The summed E-state index contributed by atoms with van der Waals surface area (Å²) < 4.78 is 59.7. The first-order valence-electron chi connectivity index (χ1n) is 13.6. The van der Waals surface area contributed by atoms with Crippen molar-refractivity contribution in [1.82, 2.24) is 19.8 Å². The largest absolute Gasteiger partial charge is 0.471 e. The number of hydrogen-bond acceptors (Lipinski definition) is 4. The number of nitrogens with zero attached hydrogens (tertiary/aromatic N) is 3. The third-order valence-electron chi connectivity index (χ3n) is 7.66. The SMILES string of the molecule is COCCn1cc(C(=O)N2CCC(c3cc(CNC(=O)C(F)(F)F)ccc3F)CC2)c2c(-c3ccncc3)cccc21. The number of likely N-dealkylation sites (tertiary alicyclic amines) is 1. The predicted octanol–water partition coefficient (Wildman–Crippen LogP) is 5.69. The Morgan fingerprint density at radius 1 is 1.07 bits per heavy atom. The topological polar surface area (TPSA) is 76.5 Å². The Kier molecular flexibility index (Phi) is 8.58.